The predicted molar refractivity (Wildman–Crippen MR) is 90.8 cm³/mol. The standard InChI is InChI=1S/C17H18FN7O2/c1-11-15(22-27-21-11)10-16(26)24-8-6-12(7-9-24)25-20-17(19-23-25)13-4-2-3-5-14(13)18/h2-5,12H,6-10H2,1H3. The van der Waals surface area contributed by atoms with Crippen molar-refractivity contribution < 1.29 is 13.8 Å². The molecule has 0 saturated carbocycles. The van der Waals surface area contributed by atoms with Gasteiger partial charge in [-0.2, -0.15) is 4.80 Å². The molecule has 0 atom stereocenters. The van der Waals surface area contributed by atoms with Crippen LogP contribution in [0.1, 0.15) is 30.3 Å². The summed E-state index contributed by atoms with van der Waals surface area (Å²) < 4.78 is 18.5. The maximum atomic E-state index is 13.9. The minimum atomic E-state index is -0.380. The van der Waals surface area contributed by atoms with Crippen LogP contribution in [0.5, 0.6) is 0 Å². The number of carbonyl (C=O) groups excluding carboxylic acids is 1. The Morgan fingerprint density at radius 1 is 1.26 bits per heavy atom. The van der Waals surface area contributed by atoms with Gasteiger partial charge in [0.05, 0.1) is 18.0 Å². The quantitative estimate of drug-likeness (QED) is 0.686. The van der Waals surface area contributed by atoms with Crippen molar-refractivity contribution >= 4 is 5.91 Å². The van der Waals surface area contributed by atoms with Gasteiger partial charge in [-0.1, -0.05) is 22.4 Å². The average molecular weight is 371 g/mol. The molecule has 2 aromatic heterocycles. The number of amides is 1. The Balaban J connectivity index is 1.38. The average Bonchev–Trinajstić information content (AvgIpc) is 3.32. The second-order valence-electron chi connectivity index (χ2n) is 6.50. The maximum Gasteiger partial charge on any atom is 0.228 e. The van der Waals surface area contributed by atoms with Gasteiger partial charge >= 0.3 is 0 Å². The van der Waals surface area contributed by atoms with Crippen LogP contribution in [0.3, 0.4) is 0 Å². The lowest BCUT2D eigenvalue weighted by Gasteiger charge is -2.31. The van der Waals surface area contributed by atoms with E-state index in [2.05, 4.69) is 30.4 Å². The number of piperidine rings is 1. The Bertz CT molecular complexity index is 946. The van der Waals surface area contributed by atoms with E-state index < -0.39 is 0 Å². The van der Waals surface area contributed by atoms with Gasteiger partial charge in [0.1, 0.15) is 17.2 Å². The van der Waals surface area contributed by atoms with E-state index >= 15 is 0 Å². The Morgan fingerprint density at radius 3 is 2.74 bits per heavy atom. The van der Waals surface area contributed by atoms with Gasteiger partial charge in [-0.25, -0.2) is 9.02 Å². The van der Waals surface area contributed by atoms with Gasteiger partial charge in [0, 0.05) is 13.1 Å². The van der Waals surface area contributed by atoms with Crippen molar-refractivity contribution in [1.29, 1.82) is 0 Å². The summed E-state index contributed by atoms with van der Waals surface area (Å²) in [7, 11) is 0. The van der Waals surface area contributed by atoms with Crippen LogP contribution in [0.2, 0.25) is 0 Å². The molecule has 0 unspecified atom stereocenters. The smallest absolute Gasteiger partial charge is 0.228 e. The Kier molecular flexibility index (Phi) is 4.61. The van der Waals surface area contributed by atoms with Gasteiger partial charge in [0.25, 0.3) is 0 Å². The molecule has 10 heteroatoms. The molecule has 1 amide bonds. The predicted octanol–water partition coefficient (Wildman–Crippen LogP) is 1.58. The maximum absolute atomic E-state index is 13.9. The highest BCUT2D eigenvalue weighted by atomic mass is 19.1. The topological polar surface area (TPSA) is 103 Å². The van der Waals surface area contributed by atoms with E-state index in [-0.39, 0.29) is 30.0 Å². The van der Waals surface area contributed by atoms with E-state index in [1.54, 1.807) is 30.0 Å². The molecule has 0 N–H and O–H groups in total. The molecule has 1 aliphatic rings. The molecule has 140 valence electrons. The fourth-order valence-electron chi connectivity index (χ4n) is 3.14. The molecule has 0 bridgehead atoms. The Hall–Kier alpha value is -3.17. The first-order chi connectivity index (χ1) is 13.1. The molecule has 4 rings (SSSR count). The van der Waals surface area contributed by atoms with Crippen molar-refractivity contribution in [3.8, 4) is 11.4 Å². The van der Waals surface area contributed by atoms with Crippen LogP contribution in [0.4, 0.5) is 4.39 Å². The molecule has 3 aromatic rings. The first-order valence-corrected chi connectivity index (χ1v) is 8.72. The van der Waals surface area contributed by atoms with E-state index in [0.717, 1.165) is 0 Å². The summed E-state index contributed by atoms with van der Waals surface area (Å²) in [4.78, 5) is 15.7. The van der Waals surface area contributed by atoms with Gasteiger partial charge < -0.3 is 4.90 Å². The van der Waals surface area contributed by atoms with Crippen LogP contribution >= 0.6 is 0 Å². The van der Waals surface area contributed by atoms with Crippen molar-refractivity contribution in [2.75, 3.05) is 13.1 Å². The zero-order chi connectivity index (χ0) is 18.8. The highest BCUT2D eigenvalue weighted by molar-refractivity contribution is 5.78. The summed E-state index contributed by atoms with van der Waals surface area (Å²) in [5, 5.41) is 19.8. The van der Waals surface area contributed by atoms with Crippen LogP contribution < -0.4 is 0 Å². The van der Waals surface area contributed by atoms with E-state index in [0.29, 0.717) is 42.9 Å². The monoisotopic (exact) mass is 371 g/mol. The number of likely N-dealkylation sites (tertiary alicyclic amines) is 1. The van der Waals surface area contributed by atoms with Crippen molar-refractivity contribution in [1.82, 2.24) is 35.4 Å². The second kappa shape index (κ2) is 7.22. The lowest BCUT2D eigenvalue weighted by Crippen LogP contribution is -2.40. The molecule has 0 radical (unpaired) electrons. The van der Waals surface area contributed by atoms with Gasteiger partial charge in [-0.3, -0.25) is 4.79 Å². The number of nitrogens with zero attached hydrogens (tertiary/aromatic N) is 7. The zero-order valence-electron chi connectivity index (χ0n) is 14.7. The SMILES string of the molecule is Cc1nonc1CC(=O)N1CCC(n2nnc(-c3ccccc3F)n2)CC1. The van der Waals surface area contributed by atoms with Crippen molar-refractivity contribution in [3.05, 3.63) is 41.5 Å². The fourth-order valence-corrected chi connectivity index (χ4v) is 3.14. The lowest BCUT2D eigenvalue weighted by atomic mass is 10.1. The number of rotatable bonds is 4. The van der Waals surface area contributed by atoms with Gasteiger partial charge in [-0.05, 0) is 37.1 Å². The summed E-state index contributed by atoms with van der Waals surface area (Å²) in [6.45, 7) is 2.93. The van der Waals surface area contributed by atoms with Crippen molar-refractivity contribution in [2.24, 2.45) is 0 Å². The number of aryl methyl sites for hydroxylation is 1. The number of benzene rings is 1. The summed E-state index contributed by atoms with van der Waals surface area (Å²) in [6, 6.07) is 6.37. The highest BCUT2D eigenvalue weighted by Crippen LogP contribution is 2.23. The zero-order valence-corrected chi connectivity index (χ0v) is 14.7. The molecule has 0 spiro atoms. The highest BCUT2D eigenvalue weighted by Gasteiger charge is 2.26. The van der Waals surface area contributed by atoms with Crippen LogP contribution in [-0.2, 0) is 11.2 Å². The number of aromatic nitrogens is 6. The van der Waals surface area contributed by atoms with E-state index in [4.69, 9.17) is 0 Å². The number of halogens is 1. The normalized spacial score (nSPS) is 15.3. The first-order valence-electron chi connectivity index (χ1n) is 8.72. The Labute approximate surface area is 154 Å². The molecule has 1 fully saturated rings. The van der Waals surface area contributed by atoms with E-state index in [9.17, 15) is 9.18 Å². The third-order valence-electron chi connectivity index (χ3n) is 4.75. The van der Waals surface area contributed by atoms with Crippen LogP contribution in [0, 0.1) is 12.7 Å². The lowest BCUT2D eigenvalue weighted by molar-refractivity contribution is -0.131. The summed E-state index contributed by atoms with van der Waals surface area (Å²) >= 11 is 0. The van der Waals surface area contributed by atoms with Crippen LogP contribution in [0.15, 0.2) is 28.9 Å². The number of hydrogen-bond donors (Lipinski definition) is 0. The van der Waals surface area contributed by atoms with E-state index in [1.807, 2.05) is 0 Å². The van der Waals surface area contributed by atoms with Gasteiger partial charge in [0.15, 0.2) is 0 Å². The summed E-state index contributed by atoms with van der Waals surface area (Å²) in [5.74, 6) is -0.124. The van der Waals surface area contributed by atoms with E-state index in [1.165, 1.54) is 10.9 Å². The first kappa shape index (κ1) is 17.3. The molecular weight excluding hydrogens is 353 g/mol. The number of hydrogen-bond acceptors (Lipinski definition) is 7. The third-order valence-corrected chi connectivity index (χ3v) is 4.75. The van der Waals surface area contributed by atoms with Crippen LogP contribution in [0.25, 0.3) is 11.4 Å². The van der Waals surface area contributed by atoms with Gasteiger partial charge in [0.2, 0.25) is 11.7 Å². The fraction of sp³-hybridized carbons (Fsp3) is 0.412. The summed E-state index contributed by atoms with van der Waals surface area (Å²) in [6.07, 6.45) is 1.59. The minimum absolute atomic E-state index is 0.00848. The largest absolute Gasteiger partial charge is 0.342 e. The molecule has 1 aromatic carbocycles. The molecular formula is C17H18FN7O2. The van der Waals surface area contributed by atoms with Crippen molar-refractivity contribution in [3.63, 3.8) is 0 Å². The molecule has 1 saturated heterocycles. The molecule has 27 heavy (non-hydrogen) atoms. The van der Waals surface area contributed by atoms with Crippen LogP contribution in [-0.4, -0.2) is 54.4 Å². The Morgan fingerprint density at radius 2 is 2.04 bits per heavy atom. The second-order valence-corrected chi connectivity index (χ2v) is 6.50. The molecule has 0 aliphatic carbocycles. The minimum Gasteiger partial charge on any atom is -0.342 e. The number of tetrazole rings is 1. The summed E-state index contributed by atoms with van der Waals surface area (Å²) in [5.41, 5.74) is 1.52. The molecule has 1 aliphatic heterocycles. The third kappa shape index (κ3) is 3.55. The van der Waals surface area contributed by atoms with Crippen molar-refractivity contribution in [2.45, 2.75) is 32.2 Å². The number of carbonyl (C=O) groups is 1. The molecule has 3 heterocycles. The molecule has 9 nitrogen and oxygen atoms in total. The van der Waals surface area contributed by atoms with Gasteiger partial charge in [-0.15, -0.1) is 10.2 Å².